The van der Waals surface area contributed by atoms with Crippen molar-refractivity contribution in [2.45, 2.75) is 39.8 Å². The lowest BCUT2D eigenvalue weighted by molar-refractivity contribution is -0.123. The molecule has 5 heteroatoms. The maximum absolute atomic E-state index is 13.5. The minimum Gasteiger partial charge on any atom is -0.342 e. The highest BCUT2D eigenvalue weighted by Crippen LogP contribution is 2.37. The van der Waals surface area contributed by atoms with Crippen LogP contribution in [0, 0.1) is 6.92 Å². The summed E-state index contributed by atoms with van der Waals surface area (Å²) in [7, 11) is 0. The minimum absolute atomic E-state index is 0.0232. The van der Waals surface area contributed by atoms with E-state index in [0.29, 0.717) is 4.91 Å². The van der Waals surface area contributed by atoms with Crippen LogP contribution < -0.4 is 0 Å². The summed E-state index contributed by atoms with van der Waals surface area (Å²) in [6.45, 7) is 7.03. The van der Waals surface area contributed by atoms with Gasteiger partial charge in [0, 0.05) is 35.2 Å². The van der Waals surface area contributed by atoms with E-state index in [4.69, 9.17) is 4.99 Å². The van der Waals surface area contributed by atoms with E-state index in [1.54, 1.807) is 0 Å². The number of benzene rings is 3. The topological polar surface area (TPSA) is 37.6 Å². The molecule has 0 N–H and O–H groups in total. The third-order valence-electron chi connectivity index (χ3n) is 6.43. The van der Waals surface area contributed by atoms with Crippen LogP contribution in [-0.2, 0) is 11.3 Å². The number of aryl methyl sites for hydroxylation is 1. The maximum Gasteiger partial charge on any atom is 0.267 e. The van der Waals surface area contributed by atoms with Crippen molar-refractivity contribution in [1.29, 1.82) is 0 Å². The van der Waals surface area contributed by atoms with Gasteiger partial charge in [-0.2, -0.15) is 0 Å². The van der Waals surface area contributed by atoms with Crippen LogP contribution in [-0.4, -0.2) is 26.6 Å². The molecule has 1 amide bonds. The third kappa shape index (κ3) is 4.82. The Bertz CT molecular complexity index is 1420. The quantitative estimate of drug-likeness (QED) is 0.270. The van der Waals surface area contributed by atoms with Gasteiger partial charge in [0.15, 0.2) is 5.17 Å². The highest BCUT2D eigenvalue weighted by molar-refractivity contribution is 8.18. The van der Waals surface area contributed by atoms with E-state index in [-0.39, 0.29) is 11.9 Å². The molecule has 5 rings (SSSR count). The fourth-order valence-electron chi connectivity index (χ4n) is 4.31. The van der Waals surface area contributed by atoms with E-state index in [1.807, 2.05) is 41.3 Å². The molecule has 1 aliphatic rings. The van der Waals surface area contributed by atoms with E-state index in [9.17, 15) is 4.79 Å². The number of hydrogen-bond donors (Lipinski definition) is 0. The Morgan fingerprint density at radius 3 is 2.43 bits per heavy atom. The number of amides is 1. The third-order valence-corrected chi connectivity index (χ3v) is 7.41. The van der Waals surface area contributed by atoms with Gasteiger partial charge in [0.1, 0.15) is 0 Å². The van der Waals surface area contributed by atoms with Crippen molar-refractivity contribution >= 4 is 45.5 Å². The summed E-state index contributed by atoms with van der Waals surface area (Å²) in [5, 5.41) is 1.89. The lowest BCUT2D eigenvalue weighted by Crippen LogP contribution is -2.36. The lowest BCUT2D eigenvalue weighted by Gasteiger charge is -2.22. The molecule has 0 radical (unpaired) electrons. The molecule has 1 fully saturated rings. The second-order valence-electron chi connectivity index (χ2n) is 8.99. The number of aliphatic imine (C=N–C) groups is 1. The average molecular weight is 480 g/mol. The van der Waals surface area contributed by atoms with Crippen molar-refractivity contribution in [2.75, 3.05) is 0 Å². The smallest absolute Gasteiger partial charge is 0.267 e. The molecule has 1 saturated heterocycles. The van der Waals surface area contributed by atoms with Crippen molar-refractivity contribution in [2.24, 2.45) is 4.99 Å². The Labute approximate surface area is 211 Å². The Kier molecular flexibility index (Phi) is 6.60. The largest absolute Gasteiger partial charge is 0.342 e. The standard InChI is InChI=1S/C30H29N3OS/c1-4-22(3)33-29(34)28(35-30(33)31-25-16-14-21(2)15-17-25)18-24-20-32(19-23-10-6-5-7-11-23)27-13-9-8-12-26(24)27/h5-18,20,22H,4,19H2,1-3H3/b28-18+,31-30?/t22-/m1/s1. The molecule has 1 atom stereocenters. The monoisotopic (exact) mass is 479 g/mol. The van der Waals surface area contributed by atoms with Crippen LogP contribution in [0.15, 0.2) is 95.0 Å². The first-order valence-electron chi connectivity index (χ1n) is 12.0. The molecule has 0 saturated carbocycles. The molecule has 1 aliphatic heterocycles. The van der Waals surface area contributed by atoms with Crippen molar-refractivity contribution in [3.63, 3.8) is 0 Å². The first kappa shape index (κ1) is 23.2. The van der Waals surface area contributed by atoms with Crippen molar-refractivity contribution in [3.05, 3.63) is 107 Å². The first-order valence-corrected chi connectivity index (χ1v) is 12.9. The van der Waals surface area contributed by atoms with Crippen molar-refractivity contribution < 1.29 is 4.79 Å². The van der Waals surface area contributed by atoms with E-state index >= 15 is 0 Å². The number of thioether (sulfide) groups is 1. The molecule has 0 aliphatic carbocycles. The van der Waals surface area contributed by atoms with Gasteiger partial charge in [0.2, 0.25) is 0 Å². The molecular weight excluding hydrogens is 450 g/mol. The molecule has 0 unspecified atom stereocenters. The average Bonchev–Trinajstić information content (AvgIpc) is 3.37. The number of nitrogens with zero attached hydrogens (tertiary/aromatic N) is 3. The molecule has 0 spiro atoms. The lowest BCUT2D eigenvalue weighted by atomic mass is 10.1. The zero-order valence-corrected chi connectivity index (χ0v) is 21.1. The van der Waals surface area contributed by atoms with Crippen LogP contribution >= 0.6 is 11.8 Å². The Balaban J connectivity index is 1.54. The Morgan fingerprint density at radius 2 is 1.69 bits per heavy atom. The van der Waals surface area contributed by atoms with Gasteiger partial charge in [-0.15, -0.1) is 0 Å². The number of amidine groups is 1. The van der Waals surface area contributed by atoms with E-state index in [2.05, 4.69) is 80.1 Å². The fourth-order valence-corrected chi connectivity index (χ4v) is 5.39. The first-order chi connectivity index (χ1) is 17.0. The van der Waals surface area contributed by atoms with Gasteiger partial charge in [-0.05, 0) is 61.9 Å². The highest BCUT2D eigenvalue weighted by atomic mass is 32.2. The zero-order valence-electron chi connectivity index (χ0n) is 20.3. The Hall–Kier alpha value is -3.57. The zero-order chi connectivity index (χ0) is 24.4. The maximum atomic E-state index is 13.5. The number of carbonyl (C=O) groups is 1. The molecule has 176 valence electrons. The van der Waals surface area contributed by atoms with Crippen LogP contribution in [0.25, 0.3) is 17.0 Å². The van der Waals surface area contributed by atoms with E-state index in [0.717, 1.165) is 40.3 Å². The highest BCUT2D eigenvalue weighted by Gasteiger charge is 2.36. The van der Waals surface area contributed by atoms with E-state index < -0.39 is 0 Å². The van der Waals surface area contributed by atoms with Crippen LogP contribution in [0.2, 0.25) is 0 Å². The number of fused-ring (bicyclic) bond motifs is 1. The predicted octanol–water partition coefficient (Wildman–Crippen LogP) is 7.40. The van der Waals surface area contributed by atoms with Crippen LogP contribution in [0.4, 0.5) is 5.69 Å². The molecule has 4 nitrogen and oxygen atoms in total. The van der Waals surface area contributed by atoms with E-state index in [1.165, 1.54) is 22.9 Å². The van der Waals surface area contributed by atoms with Crippen LogP contribution in [0.1, 0.15) is 37.0 Å². The minimum atomic E-state index is 0.0232. The summed E-state index contributed by atoms with van der Waals surface area (Å²) < 4.78 is 2.26. The number of aromatic nitrogens is 1. The summed E-state index contributed by atoms with van der Waals surface area (Å²) in [6.07, 6.45) is 5.05. The summed E-state index contributed by atoms with van der Waals surface area (Å²) in [5.74, 6) is 0.0232. The fraction of sp³-hybridized carbons (Fsp3) is 0.200. The van der Waals surface area contributed by atoms with Gasteiger partial charge in [-0.3, -0.25) is 9.69 Å². The second kappa shape index (κ2) is 9.96. The molecule has 0 bridgehead atoms. The van der Waals surface area contributed by atoms with Crippen LogP contribution in [0.3, 0.4) is 0 Å². The predicted molar refractivity (Wildman–Crippen MR) is 148 cm³/mol. The Morgan fingerprint density at radius 1 is 0.971 bits per heavy atom. The van der Waals surface area contributed by atoms with Gasteiger partial charge in [-0.1, -0.05) is 73.2 Å². The van der Waals surface area contributed by atoms with Gasteiger partial charge in [0.05, 0.1) is 10.6 Å². The van der Waals surface area contributed by atoms with Gasteiger partial charge in [0.25, 0.3) is 5.91 Å². The second-order valence-corrected chi connectivity index (χ2v) is 10.00. The van der Waals surface area contributed by atoms with Gasteiger partial charge < -0.3 is 4.57 Å². The number of carbonyl (C=O) groups excluding carboxylic acids is 1. The van der Waals surface area contributed by atoms with Crippen molar-refractivity contribution in [3.8, 4) is 0 Å². The number of rotatable bonds is 6. The summed E-state index contributed by atoms with van der Waals surface area (Å²) in [4.78, 5) is 21.0. The van der Waals surface area contributed by atoms with Gasteiger partial charge >= 0.3 is 0 Å². The summed E-state index contributed by atoms with van der Waals surface area (Å²) in [5.41, 5.74) is 5.50. The normalized spacial score (nSPS) is 17.1. The van der Waals surface area contributed by atoms with Crippen molar-refractivity contribution in [1.82, 2.24) is 9.47 Å². The molecule has 2 heterocycles. The number of hydrogen-bond acceptors (Lipinski definition) is 3. The molecule has 35 heavy (non-hydrogen) atoms. The van der Waals surface area contributed by atoms with Gasteiger partial charge in [-0.25, -0.2) is 4.99 Å². The molecule has 4 aromatic rings. The molecule has 1 aromatic heterocycles. The molecule has 3 aromatic carbocycles. The molecular formula is C30H29N3OS. The van der Waals surface area contributed by atoms with Crippen LogP contribution in [0.5, 0.6) is 0 Å². The number of para-hydroxylation sites is 1. The summed E-state index contributed by atoms with van der Waals surface area (Å²) >= 11 is 1.46. The SMILES string of the molecule is CC[C@@H](C)N1C(=O)/C(=C\c2cn(Cc3ccccc3)c3ccccc23)SC1=Nc1ccc(C)cc1. The summed E-state index contributed by atoms with van der Waals surface area (Å²) in [6, 6.07) is 27.0.